The van der Waals surface area contributed by atoms with Crippen LogP contribution in [-0.2, 0) is 0 Å². The molecule has 0 bridgehead atoms. The van der Waals surface area contributed by atoms with Crippen LogP contribution < -0.4 is 4.90 Å². The standard InChI is InChI=1S/C42H28N2O/c1-2-10-29-25-39-35(23-28(29)9-1)33-12-4-7-15-38(33)43(42-26-31-11-3-6-14-37(31)44(39)42)32-20-17-27(18-21-32)30-19-22-41-36(24-30)34-13-5-8-16-40(34)45-41/h1-3,5-11,13-26H,4,12H2. The second-order valence-corrected chi connectivity index (χ2v) is 12.1. The summed E-state index contributed by atoms with van der Waals surface area (Å²) in [5, 5.41) is 6.07. The smallest absolute Gasteiger partial charge is 0.135 e. The summed E-state index contributed by atoms with van der Waals surface area (Å²) in [5.74, 6) is 1.16. The molecule has 0 unspecified atom stereocenters. The molecule has 0 fully saturated rings. The van der Waals surface area contributed by atoms with Crippen molar-refractivity contribution in [2.45, 2.75) is 12.8 Å². The largest absolute Gasteiger partial charge is 0.456 e. The molecular formula is C42H28N2O. The zero-order valence-electron chi connectivity index (χ0n) is 24.6. The summed E-state index contributed by atoms with van der Waals surface area (Å²) >= 11 is 0. The van der Waals surface area contributed by atoms with Crippen LogP contribution >= 0.6 is 0 Å². The molecule has 0 radical (unpaired) electrons. The second kappa shape index (κ2) is 9.35. The van der Waals surface area contributed by atoms with Gasteiger partial charge in [-0.3, -0.25) is 9.47 Å². The lowest BCUT2D eigenvalue weighted by Gasteiger charge is -2.28. The van der Waals surface area contributed by atoms with Crippen molar-refractivity contribution in [1.82, 2.24) is 4.57 Å². The topological polar surface area (TPSA) is 21.3 Å². The molecule has 10 rings (SSSR count). The summed E-state index contributed by atoms with van der Waals surface area (Å²) in [7, 11) is 0. The van der Waals surface area contributed by atoms with Gasteiger partial charge in [0, 0.05) is 27.4 Å². The van der Waals surface area contributed by atoms with Gasteiger partial charge in [-0.1, -0.05) is 84.9 Å². The highest BCUT2D eigenvalue weighted by atomic mass is 16.3. The van der Waals surface area contributed by atoms with Gasteiger partial charge in [0.2, 0.25) is 0 Å². The lowest BCUT2D eigenvalue weighted by molar-refractivity contribution is 0.669. The maximum Gasteiger partial charge on any atom is 0.135 e. The van der Waals surface area contributed by atoms with E-state index in [2.05, 4.69) is 143 Å². The maximum absolute atomic E-state index is 6.09. The number of furan rings is 1. The van der Waals surface area contributed by atoms with Gasteiger partial charge in [-0.05, 0) is 101 Å². The Bertz CT molecular complexity index is 2540. The highest BCUT2D eigenvalue weighted by Gasteiger charge is 2.30. The zero-order valence-corrected chi connectivity index (χ0v) is 24.6. The van der Waals surface area contributed by atoms with Crippen LogP contribution in [0.4, 0.5) is 11.5 Å². The molecule has 0 N–H and O–H groups in total. The van der Waals surface area contributed by atoms with Crippen LogP contribution in [0.3, 0.4) is 0 Å². The van der Waals surface area contributed by atoms with Crippen LogP contribution in [0.25, 0.3) is 66.0 Å². The minimum atomic E-state index is 0.921. The number of fused-ring (bicyclic) bond motifs is 10. The van der Waals surface area contributed by atoms with Crippen LogP contribution in [0.15, 0.2) is 156 Å². The number of rotatable bonds is 2. The highest BCUT2D eigenvalue weighted by molar-refractivity contribution is 6.06. The lowest BCUT2D eigenvalue weighted by atomic mass is 9.91. The molecule has 2 aliphatic rings. The van der Waals surface area contributed by atoms with Gasteiger partial charge in [0.1, 0.15) is 17.0 Å². The van der Waals surface area contributed by atoms with E-state index in [4.69, 9.17) is 4.42 Å². The lowest BCUT2D eigenvalue weighted by Crippen LogP contribution is -2.18. The Morgan fingerprint density at radius 2 is 1.31 bits per heavy atom. The summed E-state index contributed by atoms with van der Waals surface area (Å²) < 4.78 is 8.56. The fourth-order valence-electron chi connectivity index (χ4n) is 7.45. The maximum atomic E-state index is 6.09. The van der Waals surface area contributed by atoms with E-state index < -0.39 is 0 Å². The van der Waals surface area contributed by atoms with Gasteiger partial charge in [0.15, 0.2) is 0 Å². The van der Waals surface area contributed by atoms with Gasteiger partial charge in [-0.15, -0.1) is 0 Å². The predicted molar refractivity (Wildman–Crippen MR) is 187 cm³/mol. The molecule has 212 valence electrons. The molecule has 2 aromatic heterocycles. The first-order valence-corrected chi connectivity index (χ1v) is 15.7. The number of benzene rings is 6. The molecule has 1 aliphatic carbocycles. The van der Waals surface area contributed by atoms with E-state index in [9.17, 15) is 0 Å². The molecule has 0 saturated heterocycles. The molecule has 1 aliphatic heterocycles. The molecular weight excluding hydrogens is 548 g/mol. The first kappa shape index (κ1) is 24.6. The van der Waals surface area contributed by atoms with Crippen molar-refractivity contribution in [3.63, 3.8) is 0 Å². The minimum Gasteiger partial charge on any atom is -0.456 e. The first-order valence-electron chi connectivity index (χ1n) is 15.7. The summed E-state index contributed by atoms with van der Waals surface area (Å²) in [5.41, 5.74) is 11.8. The molecule has 45 heavy (non-hydrogen) atoms. The molecule has 0 atom stereocenters. The van der Waals surface area contributed by atoms with E-state index in [0.29, 0.717) is 0 Å². The van der Waals surface area contributed by atoms with E-state index in [-0.39, 0.29) is 0 Å². The number of aromatic nitrogens is 1. The van der Waals surface area contributed by atoms with E-state index in [1.165, 1.54) is 55.3 Å². The Kier molecular flexibility index (Phi) is 5.11. The van der Waals surface area contributed by atoms with Crippen molar-refractivity contribution in [2.24, 2.45) is 0 Å². The molecule has 3 heteroatoms. The molecule has 0 spiro atoms. The average molecular weight is 577 g/mol. The average Bonchev–Trinajstić information content (AvgIpc) is 3.63. The van der Waals surface area contributed by atoms with Crippen LogP contribution in [0.2, 0.25) is 0 Å². The Morgan fingerprint density at radius 3 is 2.20 bits per heavy atom. The Morgan fingerprint density at radius 1 is 0.578 bits per heavy atom. The zero-order chi connectivity index (χ0) is 29.5. The number of para-hydroxylation sites is 2. The SMILES string of the molecule is C1=CC2=C(CC1)c1cc3ccccc3cc1-n1c(cc3ccccc31)N2c1ccc(-c2ccc3oc4ccccc4c3c2)cc1. The van der Waals surface area contributed by atoms with E-state index >= 15 is 0 Å². The van der Waals surface area contributed by atoms with Gasteiger partial charge in [-0.2, -0.15) is 0 Å². The number of hydrogen-bond acceptors (Lipinski definition) is 2. The molecule has 8 aromatic rings. The second-order valence-electron chi connectivity index (χ2n) is 12.1. The number of anilines is 2. The van der Waals surface area contributed by atoms with Crippen LogP contribution in [0.5, 0.6) is 0 Å². The predicted octanol–water partition coefficient (Wildman–Crippen LogP) is 11.6. The molecule has 0 amide bonds. The molecule has 3 nitrogen and oxygen atoms in total. The molecule has 6 aromatic carbocycles. The monoisotopic (exact) mass is 576 g/mol. The number of hydrogen-bond donors (Lipinski definition) is 0. The molecule has 0 saturated carbocycles. The van der Waals surface area contributed by atoms with Crippen LogP contribution in [0.1, 0.15) is 18.4 Å². The van der Waals surface area contributed by atoms with E-state index in [0.717, 1.165) is 46.3 Å². The van der Waals surface area contributed by atoms with Crippen molar-refractivity contribution < 1.29 is 4.42 Å². The third-order valence-corrected chi connectivity index (χ3v) is 9.57. The van der Waals surface area contributed by atoms with Gasteiger partial charge in [0.05, 0.1) is 16.9 Å². The fraction of sp³-hybridized carbons (Fsp3) is 0.0476. The first-order chi connectivity index (χ1) is 22.3. The third-order valence-electron chi connectivity index (χ3n) is 9.57. The normalized spacial score (nSPS) is 14.3. The number of nitrogens with zero attached hydrogens (tertiary/aromatic N) is 2. The fourth-order valence-corrected chi connectivity index (χ4v) is 7.45. The third kappa shape index (κ3) is 3.64. The Hall–Kier alpha value is -5.80. The van der Waals surface area contributed by atoms with E-state index in [1.807, 2.05) is 12.1 Å². The van der Waals surface area contributed by atoms with Crippen molar-refractivity contribution >= 4 is 60.7 Å². The van der Waals surface area contributed by atoms with Gasteiger partial charge in [-0.25, -0.2) is 0 Å². The summed E-state index contributed by atoms with van der Waals surface area (Å²) in [6.07, 6.45) is 6.70. The number of allylic oxidation sites excluding steroid dienone is 3. The summed E-state index contributed by atoms with van der Waals surface area (Å²) in [6.45, 7) is 0. The van der Waals surface area contributed by atoms with Gasteiger partial charge >= 0.3 is 0 Å². The summed E-state index contributed by atoms with van der Waals surface area (Å²) in [6, 6.07) is 48.4. The van der Waals surface area contributed by atoms with Crippen molar-refractivity contribution in [2.75, 3.05) is 4.90 Å². The Balaban J connectivity index is 1.18. The van der Waals surface area contributed by atoms with Crippen LogP contribution in [0, 0.1) is 0 Å². The quantitative estimate of drug-likeness (QED) is 0.204. The van der Waals surface area contributed by atoms with E-state index in [1.54, 1.807) is 0 Å². The van der Waals surface area contributed by atoms with Gasteiger partial charge in [0.25, 0.3) is 0 Å². The van der Waals surface area contributed by atoms with Crippen molar-refractivity contribution in [3.8, 4) is 16.8 Å². The van der Waals surface area contributed by atoms with Gasteiger partial charge < -0.3 is 4.42 Å². The summed E-state index contributed by atoms with van der Waals surface area (Å²) in [4.78, 5) is 2.46. The van der Waals surface area contributed by atoms with Crippen molar-refractivity contribution in [3.05, 3.63) is 157 Å². The highest BCUT2D eigenvalue weighted by Crippen LogP contribution is 2.47. The minimum absolute atomic E-state index is 0.921. The Labute approximate surface area is 260 Å². The molecule has 3 heterocycles. The van der Waals surface area contributed by atoms with Crippen molar-refractivity contribution in [1.29, 1.82) is 0 Å². The van der Waals surface area contributed by atoms with Crippen LogP contribution in [-0.4, -0.2) is 4.57 Å².